The summed E-state index contributed by atoms with van der Waals surface area (Å²) >= 11 is 0. The summed E-state index contributed by atoms with van der Waals surface area (Å²) in [5.74, 6) is -0.959. The zero-order valence-electron chi connectivity index (χ0n) is 65.7. The van der Waals surface area contributed by atoms with Crippen molar-refractivity contribution in [2.24, 2.45) is 5.73 Å². The molecule has 45 heteroatoms. The Kier molecular flexibility index (Phi) is 40.2. The Bertz CT molecular complexity index is 2490. The summed E-state index contributed by atoms with van der Waals surface area (Å²) in [4.78, 5) is 10.4. The fraction of sp³-hybridized carbons (Fsp3) is 0.903. The van der Waals surface area contributed by atoms with E-state index in [0.29, 0.717) is 6.42 Å². The van der Waals surface area contributed by atoms with Gasteiger partial charge in [-0.2, -0.15) is 0 Å². The maximum Gasteiger partial charge on any atom is 0.320 e. The summed E-state index contributed by atoms with van der Waals surface area (Å²) in [5.41, 5.74) is 6.30. The van der Waals surface area contributed by atoms with E-state index >= 15 is 0 Å². The van der Waals surface area contributed by atoms with E-state index in [4.69, 9.17) is 110 Å². The molecule has 117 heavy (non-hydrogen) atoms. The number of aliphatic hydroxyl groups excluding tert-OH is 21. The van der Waals surface area contributed by atoms with Gasteiger partial charge in [0.25, 0.3) is 0 Å². The monoisotopic (exact) mass is 1710 g/mol. The van der Waals surface area contributed by atoms with E-state index in [2.05, 4.69) is 0 Å². The van der Waals surface area contributed by atoms with Crippen LogP contribution in [-0.4, -0.2) is 475 Å². The lowest BCUT2D eigenvalue weighted by molar-refractivity contribution is -0.398. The van der Waals surface area contributed by atoms with Crippen molar-refractivity contribution in [3.8, 4) is 0 Å². The van der Waals surface area contributed by atoms with Crippen molar-refractivity contribution < 1.29 is 217 Å². The number of carbonyl (C=O) groups is 1. The first-order valence-corrected chi connectivity index (χ1v) is 38.9. The molecule has 1 aromatic carbocycles. The maximum atomic E-state index is 12.1. The molecule has 21 heterocycles. The minimum absolute atomic E-state index is 0.379. The molecule has 0 amide bonds. The smallest absolute Gasteiger partial charge is 0.320 e. The third-order valence-corrected chi connectivity index (χ3v) is 19.6. The molecule has 21 aliphatic rings. The van der Waals surface area contributed by atoms with Gasteiger partial charge in [-0.3, -0.25) is 4.79 Å². The summed E-state index contributed by atoms with van der Waals surface area (Å²) in [6.07, 6.45) is -77.6. The van der Waals surface area contributed by atoms with Gasteiger partial charge in [-0.15, -0.1) is 0 Å². The van der Waals surface area contributed by atoms with Gasteiger partial charge in [0.05, 0.1) is 135 Å². The average Bonchev–Trinajstić information content (AvgIpc) is 0.824. The highest BCUT2D eigenvalue weighted by Crippen LogP contribution is 2.40. The van der Waals surface area contributed by atoms with E-state index < -0.39 is 316 Å². The van der Waals surface area contributed by atoms with Gasteiger partial charge in [-0.05, 0) is 60.5 Å². The van der Waals surface area contributed by atoms with E-state index in [1.165, 1.54) is 48.5 Å². The Morgan fingerprint density at radius 3 is 0.573 bits per heavy atom. The second-order valence-corrected chi connectivity index (χ2v) is 30.7. The van der Waals surface area contributed by atoms with Crippen LogP contribution in [0.3, 0.4) is 0 Å². The van der Waals surface area contributed by atoms with E-state index in [1.54, 1.807) is 0 Å². The van der Waals surface area contributed by atoms with Crippen LogP contribution in [0.5, 0.6) is 0 Å². The molecule has 0 aromatic heterocycles. The van der Waals surface area contributed by atoms with Crippen LogP contribution in [0.15, 0.2) is 30.3 Å². The number of aliphatic carboxylic acids is 1. The summed E-state index contributed by atoms with van der Waals surface area (Å²) in [6, 6.07) is 8.54. The number of rotatable bonds is 31. The molecule has 0 spiro atoms. The Labute approximate surface area is 673 Å². The van der Waals surface area contributed by atoms with E-state index in [0.717, 1.165) is 5.56 Å². The zero-order valence-corrected chi connectivity index (χ0v) is 65.7. The van der Waals surface area contributed by atoms with Crippen LogP contribution in [0.1, 0.15) is 54.0 Å². The highest BCUT2D eigenvalue weighted by atomic mass is 16.8. The minimum atomic E-state index is -2.24. The van der Waals surface area contributed by atoms with Gasteiger partial charge < -0.3 is 218 Å². The molecule has 0 radical (unpaired) electrons. The molecule has 22 rings (SSSR count). The van der Waals surface area contributed by atoms with Crippen molar-refractivity contribution in [3.63, 3.8) is 0 Å². The van der Waals surface area contributed by atoms with Crippen molar-refractivity contribution in [2.45, 2.75) is 319 Å². The van der Waals surface area contributed by atoms with Crippen molar-refractivity contribution in [1.29, 1.82) is 0 Å². The van der Waals surface area contributed by atoms with Crippen LogP contribution in [0.25, 0.3) is 0 Å². The van der Waals surface area contributed by atoms with Crippen LogP contribution in [0.2, 0.25) is 0 Å². The molecule has 680 valence electrons. The van der Waals surface area contributed by atoms with Crippen LogP contribution < -0.4 is 5.73 Å². The van der Waals surface area contributed by atoms with Crippen molar-refractivity contribution in [2.75, 3.05) is 92.5 Å². The quantitative estimate of drug-likeness (QED) is 0.0328. The fourth-order valence-corrected chi connectivity index (χ4v) is 13.8. The van der Waals surface area contributed by atoms with Gasteiger partial charge in [0.1, 0.15) is 177 Å². The number of ether oxygens (including phenoxy) is 21. The van der Waals surface area contributed by atoms with Crippen molar-refractivity contribution >= 4 is 5.97 Å². The number of carboxylic acid groups (broad SMARTS) is 1. The van der Waals surface area contributed by atoms with Gasteiger partial charge in [0.2, 0.25) is 0 Å². The number of aliphatic hydroxyl groups is 21. The molecule has 0 saturated carbocycles. The van der Waals surface area contributed by atoms with Crippen molar-refractivity contribution in [1.82, 2.24) is 0 Å². The lowest BCUT2D eigenvalue weighted by Crippen LogP contribution is -2.68. The van der Waals surface area contributed by atoms with Crippen molar-refractivity contribution in [3.05, 3.63) is 35.9 Å². The Morgan fingerprint density at radius 1 is 0.282 bits per heavy atom. The summed E-state index contributed by atoms with van der Waals surface area (Å²) < 4.78 is 126. The summed E-state index contributed by atoms with van der Waals surface area (Å²) in [5, 5.41) is 248. The second-order valence-electron chi connectivity index (χ2n) is 30.7. The van der Waals surface area contributed by atoms with Gasteiger partial charge >= 0.3 is 5.97 Å². The average molecular weight is 1710 g/mol. The Hall–Kier alpha value is -3.03. The standard InChI is InChI=1S/C63H112O42.C9H11NO2/c1-22(64)8-85-15-29-50-36(71)43(78)57(92-29)100-51-30(16-86-9-23(2)65)94-59(45(80)38(51)73)102-53-32(18-88-11-25(4)67)96-61(47(82)40(53)75)104-55-34(20-90-13-27(6)69)98-63(49(84)42(55)77)105-56-35(21-91-14-28(7)70)97-62(48(83)41(56)76)103-54-33(19-89-12-26(5)68)95-60(46(81)39(54)74)101-52-31(17-87-10-24(3)66)93-58(99-50)44(79)37(52)72;10-8(9(11)12)6-7-4-2-1-3-5-7/h22-84H,8-21H2,1-7H3;1-5,8H,6,10H2,(H,11,12)/t22?,23?,24?,25?,26?,27?,28?,29-,30-,31-,32-,33-,34-,35-,36-,37-,38-,39-,40-,41-,42-,43-,44-,45-,46-,47-,48-,49-,50-,51-,52-,53-,54-,55-,56-,57-,58-,59-,60-,61-,62-,63-;8-/m10/s1/i;7+1. The number of carboxylic acids is 1. The number of hydrogen-bond acceptors (Lipinski definition) is 44. The van der Waals surface area contributed by atoms with Gasteiger partial charge in [0, 0.05) is 0 Å². The zero-order chi connectivity index (χ0) is 86.0. The Balaban J connectivity index is 0.00000130. The molecule has 7 unspecified atom stereocenters. The van der Waals surface area contributed by atoms with E-state index in [9.17, 15) is 112 Å². The molecule has 45 nitrogen and oxygen atoms in total. The first-order valence-electron chi connectivity index (χ1n) is 38.9. The third kappa shape index (κ3) is 28.0. The normalized spacial score (nSPS) is 42.6. The largest absolute Gasteiger partial charge is 0.480 e. The first kappa shape index (κ1) is 99.4. The molecule has 21 aliphatic heterocycles. The summed E-state index contributed by atoms with van der Waals surface area (Å²) in [6.45, 7) is 2.51. The van der Waals surface area contributed by atoms with Gasteiger partial charge in [-0.1, -0.05) is 30.3 Å². The molecular weight excluding hydrogens is 1580 g/mol. The maximum absolute atomic E-state index is 12.1. The molecular formula is C72H123NO44. The molecule has 24 N–H and O–H groups in total. The van der Waals surface area contributed by atoms with E-state index in [-0.39, 0.29) is 46.2 Å². The van der Waals surface area contributed by atoms with Crippen LogP contribution >= 0.6 is 0 Å². The molecule has 21 saturated heterocycles. The van der Waals surface area contributed by atoms with Crippen LogP contribution in [0.4, 0.5) is 0 Å². The van der Waals surface area contributed by atoms with Gasteiger partial charge in [-0.25, -0.2) is 0 Å². The molecule has 14 bridgehead atoms. The number of hydrogen-bond donors (Lipinski definition) is 23. The predicted molar refractivity (Wildman–Crippen MR) is 382 cm³/mol. The topological polar surface area (TPSA) is 682 Å². The molecule has 21 fully saturated rings. The first-order chi connectivity index (χ1) is 55.3. The van der Waals surface area contributed by atoms with E-state index in [1.807, 2.05) is 30.3 Å². The summed E-state index contributed by atoms with van der Waals surface area (Å²) in [7, 11) is 0. The molecule has 43 atom stereocenters. The lowest BCUT2D eigenvalue weighted by Gasteiger charge is -2.50. The van der Waals surface area contributed by atoms with Gasteiger partial charge in [0.15, 0.2) is 44.0 Å². The fourth-order valence-electron chi connectivity index (χ4n) is 13.8. The number of benzene rings is 1. The number of nitrogens with two attached hydrogens (primary N) is 1. The minimum Gasteiger partial charge on any atom is -0.480 e. The Morgan fingerprint density at radius 2 is 0.436 bits per heavy atom. The van der Waals surface area contributed by atoms with Crippen LogP contribution in [0, 0.1) is 0 Å². The molecule has 0 aliphatic carbocycles. The molecule has 1 aromatic rings. The highest BCUT2D eigenvalue weighted by Gasteiger charge is 2.60. The highest BCUT2D eigenvalue weighted by molar-refractivity contribution is 5.73. The second kappa shape index (κ2) is 47.3. The predicted octanol–water partition coefficient (Wildman–Crippen LogP) is -11.8. The third-order valence-electron chi connectivity index (χ3n) is 19.6. The lowest BCUT2D eigenvalue weighted by atomic mass is 9.95. The SMILES string of the molecule is CC(O)COC[C@H]1O[C@@H]2O[C@H]3[C@H](O)[C@@H](O)[C@@H](O[C@H]4[C@H](O)[C@@H](O)[C@@H](O[C@H]5[C@H](O)[C@@H](O)[C@@H](O[C@H]6[C@H](O)[C@@H](O)[C@@H](O[C@H]7[C@H](O)[C@@H](O)[C@@H](O[C@H]8[C@H](O)[C@@H](O)[C@@H](O[C@H]1[C@H](O)[C@H]2O)O[C@@H]8COCC(C)O)O[C@@H]7COCC(C)O)O[C@@H]6COCC(C)O)O[C@@H]5COCC(C)O)O[C@@H]4COCC(C)O)O[C@@H]3COCC(C)O.N[C@@H](C[13c]1ccccc1)C(=O)O. The van der Waals surface area contributed by atoms with Crippen LogP contribution in [-0.2, 0) is 111 Å².